The molecule has 3 N–H and O–H groups in total. The molecule has 6 heteroatoms. The number of hydrogen-bond donors (Lipinski definition) is 2. The normalized spacial score (nSPS) is 27.2. The number of aliphatic imine (C=N–C) groups is 1. The summed E-state index contributed by atoms with van der Waals surface area (Å²) in [5, 5.41) is 7.60. The SMILES string of the molecule is CCN=C(N)NC1CC(OC(C)(C)C)C1n1cccn1. The minimum absolute atomic E-state index is 0.141. The third kappa shape index (κ3) is 3.50. The van der Waals surface area contributed by atoms with Crippen LogP contribution >= 0.6 is 0 Å². The molecule has 3 atom stereocenters. The van der Waals surface area contributed by atoms with Gasteiger partial charge in [0, 0.05) is 18.9 Å². The van der Waals surface area contributed by atoms with E-state index >= 15 is 0 Å². The third-order valence-electron chi connectivity index (χ3n) is 3.28. The van der Waals surface area contributed by atoms with E-state index in [1.165, 1.54) is 0 Å². The first kappa shape index (κ1) is 14.8. The number of nitrogens with one attached hydrogen (secondary N) is 1. The van der Waals surface area contributed by atoms with Gasteiger partial charge in [-0.05, 0) is 40.2 Å². The second-order valence-corrected chi connectivity index (χ2v) is 6.09. The Balaban J connectivity index is 2.06. The van der Waals surface area contributed by atoms with E-state index in [0.717, 1.165) is 6.42 Å². The highest BCUT2D eigenvalue weighted by Gasteiger charge is 2.45. The van der Waals surface area contributed by atoms with Crippen molar-refractivity contribution in [3.8, 4) is 0 Å². The zero-order valence-corrected chi connectivity index (χ0v) is 12.7. The molecule has 20 heavy (non-hydrogen) atoms. The summed E-state index contributed by atoms with van der Waals surface area (Å²) in [6.07, 6.45) is 4.79. The molecule has 1 aromatic heterocycles. The molecule has 6 nitrogen and oxygen atoms in total. The second-order valence-electron chi connectivity index (χ2n) is 6.09. The summed E-state index contributed by atoms with van der Waals surface area (Å²) in [5.74, 6) is 0.490. The number of guanidine groups is 1. The van der Waals surface area contributed by atoms with Crippen LogP contribution in [0.25, 0.3) is 0 Å². The standard InChI is InChI=1S/C14H25N5O/c1-5-16-13(15)18-10-9-11(20-14(2,3)4)12(10)19-8-6-7-17-19/h6-8,10-12H,5,9H2,1-4H3,(H3,15,16,18). The van der Waals surface area contributed by atoms with E-state index in [2.05, 4.69) is 36.2 Å². The van der Waals surface area contributed by atoms with E-state index in [4.69, 9.17) is 10.5 Å². The summed E-state index contributed by atoms with van der Waals surface area (Å²) in [5.41, 5.74) is 5.69. The van der Waals surface area contributed by atoms with E-state index in [9.17, 15) is 0 Å². The monoisotopic (exact) mass is 279 g/mol. The first-order chi connectivity index (χ1) is 9.40. The molecule has 1 fully saturated rings. The molecule has 3 unspecified atom stereocenters. The lowest BCUT2D eigenvalue weighted by Crippen LogP contribution is -2.59. The number of nitrogens with two attached hydrogens (primary N) is 1. The minimum Gasteiger partial charge on any atom is -0.370 e. The van der Waals surface area contributed by atoms with Crippen molar-refractivity contribution in [2.75, 3.05) is 6.54 Å². The second kappa shape index (κ2) is 5.83. The third-order valence-corrected chi connectivity index (χ3v) is 3.28. The fourth-order valence-electron chi connectivity index (χ4n) is 2.53. The summed E-state index contributed by atoms with van der Waals surface area (Å²) >= 11 is 0. The zero-order valence-electron chi connectivity index (χ0n) is 12.7. The lowest BCUT2D eigenvalue weighted by Gasteiger charge is -2.47. The summed E-state index contributed by atoms with van der Waals surface area (Å²) < 4.78 is 8.04. The van der Waals surface area contributed by atoms with Gasteiger partial charge in [-0.15, -0.1) is 0 Å². The van der Waals surface area contributed by atoms with Crippen molar-refractivity contribution in [1.29, 1.82) is 0 Å². The van der Waals surface area contributed by atoms with Crippen LogP contribution in [-0.2, 0) is 4.74 Å². The number of aromatic nitrogens is 2. The van der Waals surface area contributed by atoms with Crippen LogP contribution in [0.5, 0.6) is 0 Å². The highest BCUT2D eigenvalue weighted by atomic mass is 16.5. The lowest BCUT2D eigenvalue weighted by atomic mass is 9.82. The largest absolute Gasteiger partial charge is 0.370 e. The van der Waals surface area contributed by atoms with Gasteiger partial charge in [0.05, 0.1) is 23.8 Å². The zero-order chi connectivity index (χ0) is 14.8. The highest BCUT2D eigenvalue weighted by molar-refractivity contribution is 5.78. The molecule has 1 aliphatic rings. The van der Waals surface area contributed by atoms with Crippen LogP contribution in [0.2, 0.25) is 0 Å². The van der Waals surface area contributed by atoms with E-state index in [0.29, 0.717) is 12.5 Å². The van der Waals surface area contributed by atoms with Crippen LogP contribution in [0.3, 0.4) is 0 Å². The molecule has 0 spiro atoms. The van der Waals surface area contributed by atoms with Crippen molar-refractivity contribution in [1.82, 2.24) is 15.1 Å². The first-order valence-corrected chi connectivity index (χ1v) is 7.14. The van der Waals surface area contributed by atoms with Gasteiger partial charge in [0.25, 0.3) is 0 Å². The maximum Gasteiger partial charge on any atom is 0.188 e. The molecular weight excluding hydrogens is 254 g/mol. The van der Waals surface area contributed by atoms with Crippen molar-refractivity contribution >= 4 is 5.96 Å². The van der Waals surface area contributed by atoms with Crippen molar-refractivity contribution in [2.45, 2.75) is 57.9 Å². The molecule has 2 rings (SSSR count). The van der Waals surface area contributed by atoms with Crippen LogP contribution < -0.4 is 11.1 Å². The predicted octanol–water partition coefficient (Wildman–Crippen LogP) is 1.30. The van der Waals surface area contributed by atoms with Gasteiger partial charge in [0.15, 0.2) is 5.96 Å². The van der Waals surface area contributed by atoms with Gasteiger partial charge < -0.3 is 15.8 Å². The summed E-state index contributed by atoms with van der Waals surface area (Å²) in [6, 6.07) is 2.28. The van der Waals surface area contributed by atoms with Crippen LogP contribution in [0.1, 0.15) is 40.2 Å². The maximum atomic E-state index is 6.10. The Bertz CT molecular complexity index is 449. The Hall–Kier alpha value is -1.56. The van der Waals surface area contributed by atoms with Gasteiger partial charge in [0.1, 0.15) is 0 Å². The van der Waals surface area contributed by atoms with Gasteiger partial charge >= 0.3 is 0 Å². The molecule has 1 aliphatic carbocycles. The quantitative estimate of drug-likeness (QED) is 0.643. The van der Waals surface area contributed by atoms with E-state index in [-0.39, 0.29) is 23.8 Å². The summed E-state index contributed by atoms with van der Waals surface area (Å²) in [7, 11) is 0. The minimum atomic E-state index is -0.163. The van der Waals surface area contributed by atoms with Crippen LogP contribution in [0.4, 0.5) is 0 Å². The van der Waals surface area contributed by atoms with Gasteiger partial charge in [-0.1, -0.05) is 0 Å². The maximum absolute atomic E-state index is 6.10. The predicted molar refractivity (Wildman–Crippen MR) is 79.6 cm³/mol. The summed E-state index contributed by atoms with van der Waals surface area (Å²) in [6.45, 7) is 8.86. The molecule has 0 aromatic carbocycles. The van der Waals surface area contributed by atoms with E-state index in [1.54, 1.807) is 6.20 Å². The van der Waals surface area contributed by atoms with Crippen molar-refractivity contribution in [3.63, 3.8) is 0 Å². The van der Waals surface area contributed by atoms with Gasteiger partial charge in [-0.3, -0.25) is 9.67 Å². The van der Waals surface area contributed by atoms with Crippen LogP contribution in [-0.4, -0.2) is 40.0 Å². The van der Waals surface area contributed by atoms with Gasteiger partial charge in [0.2, 0.25) is 0 Å². The molecule has 112 valence electrons. The number of ether oxygens (including phenoxy) is 1. The average molecular weight is 279 g/mol. The first-order valence-electron chi connectivity index (χ1n) is 7.14. The van der Waals surface area contributed by atoms with Crippen molar-refractivity contribution in [2.24, 2.45) is 10.7 Å². The van der Waals surface area contributed by atoms with Crippen molar-refractivity contribution in [3.05, 3.63) is 18.5 Å². The average Bonchev–Trinajstić information content (AvgIpc) is 2.79. The number of nitrogens with zero attached hydrogens (tertiary/aromatic N) is 3. The Morgan fingerprint density at radius 3 is 2.85 bits per heavy atom. The molecule has 0 radical (unpaired) electrons. The van der Waals surface area contributed by atoms with Crippen LogP contribution in [0, 0.1) is 0 Å². The van der Waals surface area contributed by atoms with Crippen LogP contribution in [0.15, 0.2) is 23.5 Å². The Labute approximate surface area is 120 Å². The van der Waals surface area contributed by atoms with E-state index in [1.807, 2.05) is 23.9 Å². The van der Waals surface area contributed by atoms with Gasteiger partial charge in [-0.25, -0.2) is 0 Å². The molecule has 0 amide bonds. The Kier molecular flexibility index (Phi) is 4.32. The van der Waals surface area contributed by atoms with E-state index < -0.39 is 0 Å². The Morgan fingerprint density at radius 2 is 2.30 bits per heavy atom. The number of rotatable bonds is 4. The number of hydrogen-bond acceptors (Lipinski definition) is 3. The van der Waals surface area contributed by atoms with Crippen molar-refractivity contribution < 1.29 is 4.74 Å². The smallest absolute Gasteiger partial charge is 0.188 e. The topological polar surface area (TPSA) is 77.5 Å². The fraction of sp³-hybridized carbons (Fsp3) is 0.714. The molecule has 0 saturated heterocycles. The molecule has 0 bridgehead atoms. The molecule has 1 saturated carbocycles. The molecule has 1 heterocycles. The molecular formula is C14H25N5O. The molecule has 1 aromatic rings. The summed E-state index contributed by atoms with van der Waals surface area (Å²) in [4.78, 5) is 4.17. The fourth-order valence-corrected chi connectivity index (χ4v) is 2.53. The molecule has 0 aliphatic heterocycles. The van der Waals surface area contributed by atoms with Gasteiger partial charge in [-0.2, -0.15) is 5.10 Å². The lowest BCUT2D eigenvalue weighted by molar-refractivity contribution is -0.132. The highest BCUT2D eigenvalue weighted by Crippen LogP contribution is 2.37. The Morgan fingerprint density at radius 1 is 1.55 bits per heavy atom.